The summed E-state index contributed by atoms with van der Waals surface area (Å²) in [7, 11) is 0. The van der Waals surface area contributed by atoms with Crippen LogP contribution in [0.25, 0.3) is 0 Å². The van der Waals surface area contributed by atoms with Crippen molar-refractivity contribution in [3.63, 3.8) is 0 Å². The zero-order chi connectivity index (χ0) is 12.0. The van der Waals surface area contributed by atoms with E-state index in [0.717, 1.165) is 23.7 Å². The van der Waals surface area contributed by atoms with Gasteiger partial charge < -0.3 is 10.4 Å². The minimum Gasteiger partial charge on any atom is -0.395 e. The van der Waals surface area contributed by atoms with Crippen molar-refractivity contribution < 1.29 is 5.11 Å². The van der Waals surface area contributed by atoms with Crippen LogP contribution in [-0.2, 0) is 0 Å². The summed E-state index contributed by atoms with van der Waals surface area (Å²) in [5, 5.41) is 13.2. The van der Waals surface area contributed by atoms with Gasteiger partial charge in [0.25, 0.3) is 0 Å². The van der Waals surface area contributed by atoms with Gasteiger partial charge >= 0.3 is 0 Å². The molecule has 0 saturated heterocycles. The predicted molar refractivity (Wildman–Crippen MR) is 69.7 cm³/mol. The lowest BCUT2D eigenvalue weighted by Crippen LogP contribution is -2.48. The van der Waals surface area contributed by atoms with Gasteiger partial charge in [-0.2, -0.15) is 0 Å². The van der Waals surface area contributed by atoms with Gasteiger partial charge in [-0.1, -0.05) is 20.3 Å². The van der Waals surface area contributed by atoms with Crippen LogP contribution in [0.5, 0.6) is 0 Å². The van der Waals surface area contributed by atoms with Crippen LogP contribution in [0.4, 0.5) is 0 Å². The predicted octanol–water partition coefficient (Wildman–Crippen LogP) is 2.42. The third-order valence-electron chi connectivity index (χ3n) is 5.86. The highest BCUT2D eigenvalue weighted by atomic mass is 16.3. The first kappa shape index (κ1) is 12.0. The highest BCUT2D eigenvalue weighted by molar-refractivity contribution is 5.06. The second-order valence-corrected chi connectivity index (χ2v) is 6.96. The van der Waals surface area contributed by atoms with E-state index in [2.05, 4.69) is 19.2 Å². The van der Waals surface area contributed by atoms with Gasteiger partial charge in [-0.15, -0.1) is 0 Å². The Balaban J connectivity index is 1.63. The molecule has 17 heavy (non-hydrogen) atoms. The fourth-order valence-corrected chi connectivity index (χ4v) is 4.99. The highest BCUT2D eigenvalue weighted by Crippen LogP contribution is 2.58. The molecule has 3 aliphatic carbocycles. The average Bonchev–Trinajstić information content (AvgIpc) is 2.96. The summed E-state index contributed by atoms with van der Waals surface area (Å²) >= 11 is 0. The Kier molecular flexibility index (Phi) is 3.20. The van der Waals surface area contributed by atoms with E-state index in [1.807, 2.05) is 0 Å². The van der Waals surface area contributed by atoms with Crippen molar-refractivity contribution in [2.24, 2.45) is 29.6 Å². The Bertz CT molecular complexity index is 278. The van der Waals surface area contributed by atoms with Gasteiger partial charge in [0.2, 0.25) is 0 Å². The highest BCUT2D eigenvalue weighted by Gasteiger charge is 2.53. The van der Waals surface area contributed by atoms with Crippen molar-refractivity contribution in [2.75, 3.05) is 6.61 Å². The standard InChI is InChI=1S/C15H27NO/c1-9(2)15(8-17)16-14-7-10-6-13(14)12-5-3-4-11(10)12/h9-17H,3-8H2,1-2H3. The first-order chi connectivity index (χ1) is 8.20. The first-order valence-corrected chi connectivity index (χ1v) is 7.57. The molecule has 3 rings (SSSR count). The number of hydrogen-bond donors (Lipinski definition) is 2. The third kappa shape index (κ3) is 1.94. The van der Waals surface area contributed by atoms with Crippen LogP contribution >= 0.6 is 0 Å². The molecule has 6 atom stereocenters. The lowest BCUT2D eigenvalue weighted by molar-refractivity contribution is 0.152. The molecule has 0 amide bonds. The maximum Gasteiger partial charge on any atom is 0.0587 e. The van der Waals surface area contributed by atoms with Gasteiger partial charge in [0.05, 0.1) is 6.61 Å². The largest absolute Gasteiger partial charge is 0.395 e. The molecule has 0 aliphatic heterocycles. The molecular formula is C15H27NO. The van der Waals surface area contributed by atoms with Gasteiger partial charge in [-0.3, -0.25) is 0 Å². The van der Waals surface area contributed by atoms with E-state index >= 15 is 0 Å². The number of fused-ring (bicyclic) bond motifs is 5. The average molecular weight is 237 g/mol. The maximum absolute atomic E-state index is 9.45. The van der Waals surface area contributed by atoms with Crippen molar-refractivity contribution >= 4 is 0 Å². The van der Waals surface area contributed by atoms with Crippen LogP contribution in [0, 0.1) is 29.6 Å². The van der Waals surface area contributed by atoms with E-state index in [9.17, 15) is 5.11 Å². The zero-order valence-corrected chi connectivity index (χ0v) is 11.2. The van der Waals surface area contributed by atoms with Crippen molar-refractivity contribution in [3.8, 4) is 0 Å². The quantitative estimate of drug-likeness (QED) is 0.787. The third-order valence-corrected chi connectivity index (χ3v) is 5.86. The number of hydrogen-bond acceptors (Lipinski definition) is 2. The molecule has 0 aromatic rings. The maximum atomic E-state index is 9.45. The second kappa shape index (κ2) is 4.55. The molecular weight excluding hydrogens is 210 g/mol. The summed E-state index contributed by atoms with van der Waals surface area (Å²) in [6.07, 6.45) is 7.32. The molecule has 3 saturated carbocycles. The molecule has 0 spiro atoms. The summed E-state index contributed by atoms with van der Waals surface area (Å²) in [6, 6.07) is 1.01. The monoisotopic (exact) mass is 237 g/mol. The number of aliphatic hydroxyl groups is 1. The summed E-state index contributed by atoms with van der Waals surface area (Å²) in [4.78, 5) is 0. The molecule has 6 unspecified atom stereocenters. The molecule has 0 radical (unpaired) electrons. The van der Waals surface area contributed by atoms with Gasteiger partial charge in [0.1, 0.15) is 0 Å². The molecule has 2 N–H and O–H groups in total. The van der Waals surface area contributed by atoms with E-state index < -0.39 is 0 Å². The summed E-state index contributed by atoms with van der Waals surface area (Å²) in [6.45, 7) is 4.71. The molecule has 3 aliphatic rings. The lowest BCUT2D eigenvalue weighted by Gasteiger charge is -2.35. The van der Waals surface area contributed by atoms with Crippen LogP contribution in [-0.4, -0.2) is 23.8 Å². The Morgan fingerprint density at radius 3 is 2.59 bits per heavy atom. The lowest BCUT2D eigenvalue weighted by atomic mass is 9.78. The fraction of sp³-hybridized carbons (Fsp3) is 1.00. The molecule has 0 aromatic heterocycles. The Labute approximate surface area is 105 Å². The van der Waals surface area contributed by atoms with Crippen molar-refractivity contribution in [1.82, 2.24) is 5.32 Å². The van der Waals surface area contributed by atoms with E-state index in [0.29, 0.717) is 24.6 Å². The number of aliphatic hydroxyl groups excluding tert-OH is 1. The molecule has 98 valence electrons. The van der Waals surface area contributed by atoms with Crippen LogP contribution in [0.2, 0.25) is 0 Å². The first-order valence-electron chi connectivity index (χ1n) is 7.57. The zero-order valence-electron chi connectivity index (χ0n) is 11.2. The van der Waals surface area contributed by atoms with Gasteiger partial charge in [0.15, 0.2) is 0 Å². The topological polar surface area (TPSA) is 32.3 Å². The van der Waals surface area contributed by atoms with Crippen molar-refractivity contribution in [3.05, 3.63) is 0 Å². The van der Waals surface area contributed by atoms with E-state index in [4.69, 9.17) is 0 Å². The molecule has 2 bridgehead atoms. The smallest absolute Gasteiger partial charge is 0.0587 e. The Morgan fingerprint density at radius 2 is 1.88 bits per heavy atom. The van der Waals surface area contributed by atoms with Crippen LogP contribution < -0.4 is 5.32 Å². The van der Waals surface area contributed by atoms with Gasteiger partial charge in [-0.05, 0) is 55.3 Å². The normalized spacial score (nSPS) is 45.5. The second-order valence-electron chi connectivity index (χ2n) is 6.96. The van der Waals surface area contributed by atoms with E-state index in [1.165, 1.54) is 32.1 Å². The van der Waals surface area contributed by atoms with Gasteiger partial charge in [0, 0.05) is 12.1 Å². The van der Waals surface area contributed by atoms with Crippen LogP contribution in [0.1, 0.15) is 46.0 Å². The van der Waals surface area contributed by atoms with Gasteiger partial charge in [-0.25, -0.2) is 0 Å². The SMILES string of the molecule is CC(C)C(CO)NC1CC2CC1C1CCCC21. The van der Waals surface area contributed by atoms with E-state index in [-0.39, 0.29) is 0 Å². The summed E-state index contributed by atoms with van der Waals surface area (Å²) < 4.78 is 0. The Morgan fingerprint density at radius 1 is 1.12 bits per heavy atom. The summed E-state index contributed by atoms with van der Waals surface area (Å²) in [5.41, 5.74) is 0. The van der Waals surface area contributed by atoms with E-state index in [1.54, 1.807) is 0 Å². The molecule has 3 fully saturated rings. The number of nitrogens with one attached hydrogen (secondary N) is 1. The molecule has 2 nitrogen and oxygen atoms in total. The minimum atomic E-state index is 0.291. The van der Waals surface area contributed by atoms with Crippen molar-refractivity contribution in [2.45, 2.75) is 58.0 Å². The minimum absolute atomic E-state index is 0.291. The summed E-state index contributed by atoms with van der Waals surface area (Å²) in [5.74, 6) is 4.58. The molecule has 2 heteroatoms. The van der Waals surface area contributed by atoms with Crippen LogP contribution in [0.15, 0.2) is 0 Å². The fourth-order valence-electron chi connectivity index (χ4n) is 4.99. The number of rotatable bonds is 4. The Hall–Kier alpha value is -0.0800. The molecule has 0 heterocycles. The molecule has 0 aromatic carbocycles. The van der Waals surface area contributed by atoms with Crippen LogP contribution in [0.3, 0.4) is 0 Å². The van der Waals surface area contributed by atoms with Crippen molar-refractivity contribution in [1.29, 1.82) is 0 Å².